The summed E-state index contributed by atoms with van der Waals surface area (Å²) in [5.74, 6) is 0.840. The number of pyridine rings is 1. The van der Waals surface area contributed by atoms with Crippen molar-refractivity contribution in [3.8, 4) is 6.07 Å². The van der Waals surface area contributed by atoms with E-state index in [2.05, 4.69) is 11.1 Å². The minimum absolute atomic E-state index is 0.0204. The smallest absolute Gasteiger partial charge is 0.133 e. The van der Waals surface area contributed by atoms with Gasteiger partial charge in [0.25, 0.3) is 0 Å². The molecule has 0 aromatic carbocycles. The molecule has 0 aliphatic carbocycles. The van der Waals surface area contributed by atoms with Crippen LogP contribution in [0.5, 0.6) is 0 Å². The summed E-state index contributed by atoms with van der Waals surface area (Å²) in [4.78, 5) is 6.30. The molecule has 4 nitrogen and oxygen atoms in total. The molecular weight excluding hydrogens is 200 g/mol. The Bertz CT molecular complexity index is 381. The maximum Gasteiger partial charge on any atom is 0.133 e. The first-order valence-electron chi connectivity index (χ1n) is 5.37. The van der Waals surface area contributed by atoms with Gasteiger partial charge in [-0.2, -0.15) is 5.26 Å². The Morgan fingerprint density at radius 1 is 1.56 bits per heavy atom. The van der Waals surface area contributed by atoms with Gasteiger partial charge in [0.2, 0.25) is 0 Å². The monoisotopic (exact) mass is 218 g/mol. The van der Waals surface area contributed by atoms with Crippen molar-refractivity contribution in [1.29, 1.82) is 5.26 Å². The number of nitrogens with two attached hydrogens (primary N) is 1. The maximum absolute atomic E-state index is 8.79. The Hall–Kier alpha value is -1.60. The van der Waals surface area contributed by atoms with Crippen molar-refractivity contribution in [2.45, 2.75) is 19.9 Å². The fourth-order valence-electron chi connectivity index (χ4n) is 1.62. The molecule has 1 aromatic heterocycles. The van der Waals surface area contributed by atoms with Crippen molar-refractivity contribution in [2.24, 2.45) is 11.7 Å². The molecule has 0 spiro atoms. The van der Waals surface area contributed by atoms with Crippen molar-refractivity contribution in [1.82, 2.24) is 4.98 Å². The third kappa shape index (κ3) is 2.94. The Labute approximate surface area is 96.7 Å². The fraction of sp³-hybridized carbons (Fsp3) is 0.500. The molecule has 1 heterocycles. The van der Waals surface area contributed by atoms with E-state index in [1.165, 1.54) is 0 Å². The Morgan fingerprint density at radius 2 is 2.25 bits per heavy atom. The van der Waals surface area contributed by atoms with Crippen LogP contribution in [-0.4, -0.2) is 18.6 Å². The molecule has 16 heavy (non-hydrogen) atoms. The first-order chi connectivity index (χ1) is 7.56. The number of nitrogens with zero attached hydrogens (tertiary/aromatic N) is 3. The van der Waals surface area contributed by atoms with Crippen LogP contribution in [0.2, 0.25) is 0 Å². The molecule has 2 atom stereocenters. The second-order valence-corrected chi connectivity index (χ2v) is 4.12. The van der Waals surface area contributed by atoms with Gasteiger partial charge in [-0.05, 0) is 19.9 Å². The number of aromatic nitrogens is 1. The molecule has 1 rings (SSSR count). The van der Waals surface area contributed by atoms with Gasteiger partial charge < -0.3 is 10.6 Å². The SMILES string of the molecule is CC(C#N)CN(C)c1ncccc1C(C)N. The molecule has 4 heteroatoms. The van der Waals surface area contributed by atoms with Crippen LogP contribution in [0.4, 0.5) is 5.82 Å². The number of anilines is 1. The van der Waals surface area contributed by atoms with E-state index in [4.69, 9.17) is 11.0 Å². The predicted octanol–water partition coefficient (Wildman–Crippen LogP) is 1.70. The summed E-state index contributed by atoms with van der Waals surface area (Å²) in [7, 11) is 1.93. The summed E-state index contributed by atoms with van der Waals surface area (Å²) in [5, 5.41) is 8.79. The zero-order valence-electron chi connectivity index (χ0n) is 10.0. The first kappa shape index (κ1) is 12.5. The summed E-state index contributed by atoms with van der Waals surface area (Å²) in [6.07, 6.45) is 1.74. The predicted molar refractivity (Wildman–Crippen MR) is 64.9 cm³/mol. The normalized spacial score (nSPS) is 13.9. The number of hydrogen-bond acceptors (Lipinski definition) is 4. The minimum atomic E-state index is -0.0523. The van der Waals surface area contributed by atoms with E-state index in [0.717, 1.165) is 11.4 Å². The molecular formula is C12H18N4. The number of nitriles is 1. The van der Waals surface area contributed by atoms with Gasteiger partial charge in [0, 0.05) is 31.4 Å². The maximum atomic E-state index is 8.79. The van der Waals surface area contributed by atoms with Gasteiger partial charge in [0.05, 0.1) is 12.0 Å². The Balaban J connectivity index is 2.91. The average molecular weight is 218 g/mol. The molecule has 0 aliphatic rings. The van der Waals surface area contributed by atoms with Crippen LogP contribution in [0.1, 0.15) is 25.5 Å². The topological polar surface area (TPSA) is 65.9 Å². The summed E-state index contributed by atoms with van der Waals surface area (Å²) in [6.45, 7) is 4.49. The largest absolute Gasteiger partial charge is 0.358 e. The number of hydrogen-bond donors (Lipinski definition) is 1. The van der Waals surface area contributed by atoms with E-state index in [1.54, 1.807) is 6.20 Å². The fourth-order valence-corrected chi connectivity index (χ4v) is 1.62. The van der Waals surface area contributed by atoms with E-state index < -0.39 is 0 Å². The highest BCUT2D eigenvalue weighted by Crippen LogP contribution is 2.21. The Kier molecular flexibility index (Phi) is 4.27. The summed E-state index contributed by atoms with van der Waals surface area (Å²) < 4.78 is 0. The van der Waals surface area contributed by atoms with E-state index >= 15 is 0 Å². The highest BCUT2D eigenvalue weighted by atomic mass is 15.2. The van der Waals surface area contributed by atoms with Gasteiger partial charge in [0.1, 0.15) is 5.82 Å². The van der Waals surface area contributed by atoms with E-state index in [0.29, 0.717) is 6.54 Å². The van der Waals surface area contributed by atoms with E-state index in [-0.39, 0.29) is 12.0 Å². The number of rotatable bonds is 4. The van der Waals surface area contributed by atoms with Crippen LogP contribution in [0, 0.1) is 17.2 Å². The molecule has 0 saturated heterocycles. The third-order valence-electron chi connectivity index (χ3n) is 2.44. The van der Waals surface area contributed by atoms with Crippen LogP contribution in [0.15, 0.2) is 18.3 Å². The molecule has 86 valence electrons. The van der Waals surface area contributed by atoms with Crippen molar-refractivity contribution < 1.29 is 0 Å². The van der Waals surface area contributed by atoms with Crippen LogP contribution in [0.3, 0.4) is 0 Å². The lowest BCUT2D eigenvalue weighted by Gasteiger charge is -2.23. The second-order valence-electron chi connectivity index (χ2n) is 4.12. The molecule has 0 aliphatic heterocycles. The highest BCUT2D eigenvalue weighted by molar-refractivity contribution is 5.47. The molecule has 0 amide bonds. The summed E-state index contributed by atoms with van der Waals surface area (Å²) in [5.41, 5.74) is 6.89. The molecule has 0 bridgehead atoms. The van der Waals surface area contributed by atoms with Crippen molar-refractivity contribution >= 4 is 5.82 Å². The van der Waals surface area contributed by atoms with E-state index in [9.17, 15) is 0 Å². The van der Waals surface area contributed by atoms with Crippen molar-refractivity contribution in [3.05, 3.63) is 23.9 Å². The van der Waals surface area contributed by atoms with Crippen LogP contribution in [-0.2, 0) is 0 Å². The van der Waals surface area contributed by atoms with Crippen LogP contribution >= 0.6 is 0 Å². The zero-order valence-corrected chi connectivity index (χ0v) is 10.0. The van der Waals surface area contributed by atoms with Gasteiger partial charge in [-0.1, -0.05) is 6.07 Å². The third-order valence-corrected chi connectivity index (χ3v) is 2.44. The van der Waals surface area contributed by atoms with Crippen LogP contribution < -0.4 is 10.6 Å². The molecule has 0 saturated carbocycles. The lowest BCUT2D eigenvalue weighted by Crippen LogP contribution is -2.26. The van der Waals surface area contributed by atoms with Gasteiger partial charge in [-0.15, -0.1) is 0 Å². The van der Waals surface area contributed by atoms with Crippen molar-refractivity contribution in [2.75, 3.05) is 18.5 Å². The Morgan fingerprint density at radius 3 is 2.81 bits per heavy atom. The van der Waals surface area contributed by atoms with Gasteiger partial charge in [0.15, 0.2) is 0 Å². The summed E-state index contributed by atoms with van der Waals surface area (Å²) in [6, 6.07) is 6.01. The quantitative estimate of drug-likeness (QED) is 0.835. The van der Waals surface area contributed by atoms with Gasteiger partial charge in [-0.25, -0.2) is 4.98 Å². The lowest BCUT2D eigenvalue weighted by molar-refractivity contribution is 0.700. The van der Waals surface area contributed by atoms with Crippen LogP contribution in [0.25, 0.3) is 0 Å². The molecule has 1 aromatic rings. The average Bonchev–Trinajstić information content (AvgIpc) is 2.28. The highest BCUT2D eigenvalue weighted by Gasteiger charge is 2.13. The van der Waals surface area contributed by atoms with Gasteiger partial charge >= 0.3 is 0 Å². The zero-order chi connectivity index (χ0) is 12.1. The first-order valence-corrected chi connectivity index (χ1v) is 5.37. The minimum Gasteiger partial charge on any atom is -0.358 e. The van der Waals surface area contributed by atoms with Gasteiger partial charge in [-0.3, -0.25) is 0 Å². The second kappa shape index (κ2) is 5.47. The van der Waals surface area contributed by atoms with Crippen molar-refractivity contribution in [3.63, 3.8) is 0 Å². The van der Waals surface area contributed by atoms with E-state index in [1.807, 2.05) is 37.9 Å². The molecule has 0 fully saturated rings. The molecule has 0 radical (unpaired) electrons. The molecule has 2 N–H and O–H groups in total. The lowest BCUT2D eigenvalue weighted by atomic mass is 10.1. The summed E-state index contributed by atoms with van der Waals surface area (Å²) >= 11 is 0. The molecule has 2 unspecified atom stereocenters. The standard InChI is InChI=1S/C12H18N4/c1-9(7-13)8-16(3)12-11(10(2)14)5-4-6-15-12/h4-6,9-10H,8,14H2,1-3H3.